The Labute approximate surface area is 58.9 Å². The third-order valence-electron chi connectivity index (χ3n) is 2.04. The van der Waals surface area contributed by atoms with E-state index in [4.69, 9.17) is 15.2 Å². The van der Waals surface area contributed by atoms with Crippen LogP contribution in [0.15, 0.2) is 0 Å². The number of fused-ring (bicyclic) bond motifs is 2. The first-order valence-corrected chi connectivity index (χ1v) is 3.48. The van der Waals surface area contributed by atoms with Gasteiger partial charge in [0, 0.05) is 6.42 Å². The van der Waals surface area contributed by atoms with Crippen LogP contribution in [0, 0.1) is 0 Å². The highest BCUT2D eigenvalue weighted by Gasteiger charge is 2.41. The molecule has 2 rings (SSSR count). The monoisotopic (exact) mass is 145 g/mol. The van der Waals surface area contributed by atoms with Crippen molar-refractivity contribution in [2.24, 2.45) is 5.73 Å². The van der Waals surface area contributed by atoms with Crippen LogP contribution in [0.2, 0.25) is 0 Å². The largest absolute Gasteiger partial charge is 0.391 e. The number of aliphatic hydroxyl groups excluding tert-OH is 1. The predicted molar refractivity (Wildman–Crippen MR) is 33.2 cm³/mol. The topological polar surface area (TPSA) is 64.7 Å². The van der Waals surface area contributed by atoms with Crippen molar-refractivity contribution in [2.75, 3.05) is 6.61 Å². The average Bonchev–Trinajstić information content (AvgIpc) is 2.29. The minimum atomic E-state index is -0.453. The van der Waals surface area contributed by atoms with E-state index in [1.54, 1.807) is 0 Å². The molecule has 2 aliphatic heterocycles. The van der Waals surface area contributed by atoms with Crippen molar-refractivity contribution in [1.29, 1.82) is 0 Å². The predicted octanol–water partition coefficient (Wildman–Crippen LogP) is -1.18. The van der Waals surface area contributed by atoms with Crippen molar-refractivity contribution in [3.63, 3.8) is 0 Å². The van der Waals surface area contributed by atoms with Crippen LogP contribution < -0.4 is 5.73 Å². The number of hydrogen-bond donors (Lipinski definition) is 2. The van der Waals surface area contributed by atoms with Crippen LogP contribution in [0.25, 0.3) is 0 Å². The Morgan fingerprint density at radius 2 is 2.30 bits per heavy atom. The van der Waals surface area contributed by atoms with Gasteiger partial charge in [0.1, 0.15) is 0 Å². The van der Waals surface area contributed by atoms with Gasteiger partial charge in [0.05, 0.1) is 24.9 Å². The Balaban J connectivity index is 2.09. The first-order chi connectivity index (χ1) is 4.77. The molecule has 10 heavy (non-hydrogen) atoms. The van der Waals surface area contributed by atoms with Gasteiger partial charge in [0.15, 0.2) is 6.29 Å². The first-order valence-electron chi connectivity index (χ1n) is 3.48. The summed E-state index contributed by atoms with van der Waals surface area (Å²) in [5, 5.41) is 9.27. The molecule has 0 aromatic heterocycles. The van der Waals surface area contributed by atoms with Crippen LogP contribution in [-0.4, -0.2) is 36.3 Å². The lowest BCUT2D eigenvalue weighted by molar-refractivity contribution is -0.130. The highest BCUT2D eigenvalue weighted by molar-refractivity contribution is 4.87. The highest BCUT2D eigenvalue weighted by Crippen LogP contribution is 2.25. The van der Waals surface area contributed by atoms with E-state index in [0.717, 1.165) is 0 Å². The van der Waals surface area contributed by atoms with Crippen molar-refractivity contribution in [3.8, 4) is 0 Å². The molecule has 58 valence electrons. The van der Waals surface area contributed by atoms with Crippen molar-refractivity contribution in [3.05, 3.63) is 0 Å². The molecular weight excluding hydrogens is 134 g/mol. The molecule has 2 saturated heterocycles. The number of rotatable bonds is 0. The van der Waals surface area contributed by atoms with E-state index in [2.05, 4.69) is 0 Å². The normalized spacial score (nSPS) is 53.4. The van der Waals surface area contributed by atoms with Gasteiger partial charge in [-0.3, -0.25) is 0 Å². The Bertz CT molecular complexity index is 141. The summed E-state index contributed by atoms with van der Waals surface area (Å²) >= 11 is 0. The van der Waals surface area contributed by atoms with E-state index in [0.29, 0.717) is 13.0 Å². The standard InChI is InChI=1S/C6H11NO3/c7-5-4(8)1-3-2-9-6(5)10-3/h3-6,8H,1-2,7H2. The van der Waals surface area contributed by atoms with Crippen LogP contribution in [-0.2, 0) is 9.47 Å². The lowest BCUT2D eigenvalue weighted by Crippen LogP contribution is -2.49. The lowest BCUT2D eigenvalue weighted by atomic mass is 10.0. The third-order valence-corrected chi connectivity index (χ3v) is 2.04. The summed E-state index contributed by atoms with van der Waals surface area (Å²) in [5.74, 6) is 0. The molecule has 2 bridgehead atoms. The first kappa shape index (κ1) is 6.54. The molecule has 0 aromatic carbocycles. The quantitative estimate of drug-likeness (QED) is 0.450. The minimum Gasteiger partial charge on any atom is -0.391 e. The lowest BCUT2D eigenvalue weighted by Gasteiger charge is -2.28. The summed E-state index contributed by atoms with van der Waals surface area (Å²) in [4.78, 5) is 0. The van der Waals surface area contributed by atoms with Crippen LogP contribution in [0.4, 0.5) is 0 Å². The van der Waals surface area contributed by atoms with Crippen molar-refractivity contribution < 1.29 is 14.6 Å². The SMILES string of the molecule is NC1C(O)CC2COC1O2. The fraction of sp³-hybridized carbons (Fsp3) is 1.00. The van der Waals surface area contributed by atoms with Crippen LogP contribution in [0.1, 0.15) is 6.42 Å². The van der Waals surface area contributed by atoms with E-state index in [1.807, 2.05) is 0 Å². The van der Waals surface area contributed by atoms with Crippen LogP contribution >= 0.6 is 0 Å². The van der Waals surface area contributed by atoms with Crippen LogP contribution in [0.3, 0.4) is 0 Å². The molecule has 4 nitrogen and oxygen atoms in total. The Morgan fingerprint density at radius 3 is 3.10 bits per heavy atom. The number of ether oxygens (including phenoxy) is 2. The van der Waals surface area contributed by atoms with E-state index >= 15 is 0 Å². The fourth-order valence-electron chi connectivity index (χ4n) is 1.40. The zero-order valence-corrected chi connectivity index (χ0v) is 5.56. The summed E-state index contributed by atoms with van der Waals surface area (Å²) in [5.41, 5.74) is 5.56. The summed E-state index contributed by atoms with van der Waals surface area (Å²) < 4.78 is 10.4. The molecule has 0 saturated carbocycles. The van der Waals surface area contributed by atoms with E-state index in [1.165, 1.54) is 0 Å². The summed E-state index contributed by atoms with van der Waals surface area (Å²) in [6, 6.07) is -0.362. The molecular formula is C6H11NO3. The maximum atomic E-state index is 9.27. The Morgan fingerprint density at radius 1 is 1.50 bits per heavy atom. The van der Waals surface area contributed by atoms with Gasteiger partial charge in [-0.05, 0) is 0 Å². The smallest absolute Gasteiger partial charge is 0.175 e. The zero-order chi connectivity index (χ0) is 7.14. The van der Waals surface area contributed by atoms with Gasteiger partial charge >= 0.3 is 0 Å². The maximum absolute atomic E-state index is 9.27. The molecule has 2 fully saturated rings. The molecule has 4 unspecified atom stereocenters. The summed E-state index contributed by atoms with van der Waals surface area (Å²) in [6.45, 7) is 0.579. The minimum absolute atomic E-state index is 0.0693. The number of nitrogens with two attached hydrogens (primary N) is 1. The average molecular weight is 145 g/mol. The summed E-state index contributed by atoms with van der Waals surface area (Å²) in [7, 11) is 0. The molecule has 0 amide bonds. The molecule has 0 radical (unpaired) electrons. The maximum Gasteiger partial charge on any atom is 0.175 e. The van der Waals surface area contributed by atoms with Gasteiger partial charge in [-0.1, -0.05) is 0 Å². The second kappa shape index (κ2) is 2.17. The molecule has 0 aliphatic carbocycles. The fourth-order valence-corrected chi connectivity index (χ4v) is 1.40. The van der Waals surface area contributed by atoms with Crippen LogP contribution in [0.5, 0.6) is 0 Å². The van der Waals surface area contributed by atoms with Gasteiger partial charge in [-0.15, -0.1) is 0 Å². The van der Waals surface area contributed by atoms with Crippen molar-refractivity contribution in [1.82, 2.24) is 0 Å². The molecule has 0 aromatic rings. The van der Waals surface area contributed by atoms with Crippen molar-refractivity contribution in [2.45, 2.75) is 31.0 Å². The van der Waals surface area contributed by atoms with Crippen molar-refractivity contribution >= 4 is 0 Å². The molecule has 0 spiro atoms. The molecule has 4 atom stereocenters. The van der Waals surface area contributed by atoms with Gasteiger partial charge in [-0.2, -0.15) is 0 Å². The number of aliphatic hydroxyl groups is 1. The Kier molecular flexibility index (Phi) is 1.42. The van der Waals surface area contributed by atoms with Gasteiger partial charge in [0.25, 0.3) is 0 Å². The second-order valence-corrected chi connectivity index (χ2v) is 2.84. The van der Waals surface area contributed by atoms with E-state index in [9.17, 15) is 5.11 Å². The van der Waals surface area contributed by atoms with Gasteiger partial charge in [0.2, 0.25) is 0 Å². The van der Waals surface area contributed by atoms with Gasteiger partial charge < -0.3 is 20.3 Å². The third kappa shape index (κ3) is 0.845. The van der Waals surface area contributed by atoms with E-state index < -0.39 is 6.10 Å². The zero-order valence-electron chi connectivity index (χ0n) is 5.56. The molecule has 2 heterocycles. The molecule has 3 N–H and O–H groups in total. The Hall–Kier alpha value is -0.160. The second-order valence-electron chi connectivity index (χ2n) is 2.84. The summed E-state index contributed by atoms with van der Waals surface area (Å²) in [6.07, 6.45) is -0.141. The highest BCUT2D eigenvalue weighted by atomic mass is 16.7. The van der Waals surface area contributed by atoms with Gasteiger partial charge in [-0.25, -0.2) is 0 Å². The van der Waals surface area contributed by atoms with E-state index in [-0.39, 0.29) is 18.4 Å². The molecule has 2 aliphatic rings. The number of hydrogen-bond acceptors (Lipinski definition) is 4. The molecule has 4 heteroatoms.